The van der Waals surface area contributed by atoms with Crippen LogP contribution in [0.15, 0.2) is 12.3 Å². The van der Waals surface area contributed by atoms with Crippen LogP contribution in [0.5, 0.6) is 0 Å². The molecule has 0 saturated carbocycles. The van der Waals surface area contributed by atoms with Crippen LogP contribution in [0.1, 0.15) is 42.9 Å². The van der Waals surface area contributed by atoms with Gasteiger partial charge in [0.1, 0.15) is 5.69 Å². The average molecular weight is 359 g/mol. The van der Waals surface area contributed by atoms with E-state index < -0.39 is 0 Å². The number of carbonyl (C=O) groups excluding carboxylic acids is 2. The molecule has 0 spiro atoms. The summed E-state index contributed by atoms with van der Waals surface area (Å²) in [6.45, 7) is 4.87. The second-order valence-electron chi connectivity index (χ2n) is 6.61. The molecule has 0 unspecified atom stereocenters. The van der Waals surface area contributed by atoms with Crippen molar-refractivity contribution in [1.29, 1.82) is 0 Å². The van der Waals surface area contributed by atoms with E-state index in [1.165, 1.54) is 0 Å². The molecule has 2 aromatic heterocycles. The van der Waals surface area contributed by atoms with E-state index in [9.17, 15) is 9.59 Å². The zero-order valence-corrected chi connectivity index (χ0v) is 15.6. The molecule has 1 N–H and O–H groups in total. The second kappa shape index (κ2) is 7.27. The number of aromatic nitrogens is 5. The minimum atomic E-state index is -0.324. The third kappa shape index (κ3) is 3.33. The number of rotatable bonds is 5. The third-order valence-corrected chi connectivity index (χ3v) is 4.99. The van der Waals surface area contributed by atoms with Crippen molar-refractivity contribution in [2.45, 2.75) is 45.8 Å². The second-order valence-corrected chi connectivity index (χ2v) is 6.61. The SMILES string of the molecule is CCn1nc(C)c(CNC(=O)[C@H]2CCC(=O)N(C)[C@@H]2c2ccnn2C)n1. The lowest BCUT2D eigenvalue weighted by atomic mass is 9.86. The van der Waals surface area contributed by atoms with Crippen molar-refractivity contribution in [2.75, 3.05) is 7.05 Å². The molecule has 140 valence electrons. The van der Waals surface area contributed by atoms with Crippen molar-refractivity contribution in [3.63, 3.8) is 0 Å². The summed E-state index contributed by atoms with van der Waals surface area (Å²) in [5.74, 6) is -0.363. The number of hydrogen-bond acceptors (Lipinski definition) is 5. The number of nitrogens with one attached hydrogen (secondary N) is 1. The molecule has 0 aliphatic carbocycles. The molecule has 0 aromatic carbocycles. The van der Waals surface area contributed by atoms with Crippen LogP contribution in [0.2, 0.25) is 0 Å². The normalized spacial score (nSPS) is 20.5. The van der Waals surface area contributed by atoms with E-state index in [2.05, 4.69) is 20.6 Å². The number of hydrogen-bond donors (Lipinski definition) is 1. The van der Waals surface area contributed by atoms with E-state index in [0.717, 1.165) is 17.1 Å². The Morgan fingerprint density at radius 1 is 1.35 bits per heavy atom. The maximum Gasteiger partial charge on any atom is 0.225 e. The molecule has 1 saturated heterocycles. The summed E-state index contributed by atoms with van der Waals surface area (Å²) in [5.41, 5.74) is 2.43. The van der Waals surface area contributed by atoms with Crippen LogP contribution in [0.3, 0.4) is 0 Å². The molecule has 1 fully saturated rings. The fraction of sp³-hybridized carbons (Fsp3) is 0.588. The number of aryl methyl sites for hydroxylation is 3. The third-order valence-electron chi connectivity index (χ3n) is 4.99. The molecular weight excluding hydrogens is 334 g/mol. The van der Waals surface area contributed by atoms with E-state index >= 15 is 0 Å². The number of amides is 2. The molecule has 1 aliphatic rings. The number of carbonyl (C=O) groups is 2. The molecule has 2 aromatic rings. The smallest absolute Gasteiger partial charge is 0.225 e. The van der Waals surface area contributed by atoms with Crippen LogP contribution < -0.4 is 5.32 Å². The van der Waals surface area contributed by atoms with Gasteiger partial charge in [0, 0.05) is 26.7 Å². The van der Waals surface area contributed by atoms with E-state index in [-0.39, 0.29) is 23.8 Å². The van der Waals surface area contributed by atoms with Crippen molar-refractivity contribution in [1.82, 2.24) is 35.0 Å². The fourth-order valence-electron chi connectivity index (χ4n) is 3.46. The Labute approximate surface area is 152 Å². The molecule has 3 rings (SSSR count). The highest BCUT2D eigenvalue weighted by Crippen LogP contribution is 2.35. The first-order valence-electron chi connectivity index (χ1n) is 8.84. The van der Waals surface area contributed by atoms with E-state index in [1.807, 2.05) is 27.0 Å². The molecular formula is C17H25N7O2. The van der Waals surface area contributed by atoms with E-state index in [4.69, 9.17) is 0 Å². The molecule has 9 nitrogen and oxygen atoms in total. The van der Waals surface area contributed by atoms with Gasteiger partial charge in [0.25, 0.3) is 0 Å². The molecule has 1 aliphatic heterocycles. The van der Waals surface area contributed by atoms with Crippen LogP contribution in [0, 0.1) is 12.8 Å². The van der Waals surface area contributed by atoms with Crippen LogP contribution >= 0.6 is 0 Å². The zero-order valence-electron chi connectivity index (χ0n) is 15.6. The monoisotopic (exact) mass is 359 g/mol. The summed E-state index contributed by atoms with van der Waals surface area (Å²) >= 11 is 0. The van der Waals surface area contributed by atoms with E-state index in [1.54, 1.807) is 27.6 Å². The zero-order chi connectivity index (χ0) is 18.8. The summed E-state index contributed by atoms with van der Waals surface area (Å²) in [6.07, 6.45) is 2.57. The Hall–Kier alpha value is -2.71. The lowest BCUT2D eigenvalue weighted by Gasteiger charge is -2.38. The van der Waals surface area contributed by atoms with Gasteiger partial charge in [-0.2, -0.15) is 20.1 Å². The fourth-order valence-corrected chi connectivity index (χ4v) is 3.46. The average Bonchev–Trinajstić information content (AvgIpc) is 3.20. The predicted octanol–water partition coefficient (Wildman–Crippen LogP) is 0.566. The Kier molecular flexibility index (Phi) is 5.06. The van der Waals surface area contributed by atoms with Gasteiger partial charge in [0.15, 0.2) is 0 Å². The topological polar surface area (TPSA) is 97.9 Å². The van der Waals surface area contributed by atoms with Crippen LogP contribution in [0.4, 0.5) is 0 Å². The van der Waals surface area contributed by atoms with E-state index in [0.29, 0.717) is 25.9 Å². The Bertz CT molecular complexity index is 810. The van der Waals surface area contributed by atoms with Crippen LogP contribution in [-0.4, -0.2) is 48.5 Å². The Morgan fingerprint density at radius 2 is 2.12 bits per heavy atom. The van der Waals surface area contributed by atoms with Crippen molar-refractivity contribution in [3.05, 3.63) is 29.3 Å². The molecule has 3 heterocycles. The highest BCUT2D eigenvalue weighted by molar-refractivity contribution is 5.84. The molecule has 2 atom stereocenters. The molecule has 26 heavy (non-hydrogen) atoms. The van der Waals surface area contributed by atoms with Gasteiger partial charge in [-0.25, -0.2) is 0 Å². The highest BCUT2D eigenvalue weighted by Gasteiger charge is 2.40. The van der Waals surface area contributed by atoms with Crippen molar-refractivity contribution >= 4 is 11.8 Å². The number of likely N-dealkylation sites (tertiary alicyclic amines) is 1. The summed E-state index contributed by atoms with van der Waals surface area (Å²) in [6, 6.07) is 1.54. The minimum absolute atomic E-state index is 0.0435. The molecule has 0 bridgehead atoms. The largest absolute Gasteiger partial charge is 0.350 e. The van der Waals surface area contributed by atoms with Gasteiger partial charge in [0.2, 0.25) is 11.8 Å². The summed E-state index contributed by atoms with van der Waals surface area (Å²) in [4.78, 5) is 28.3. The first-order chi connectivity index (χ1) is 12.4. The van der Waals surface area contributed by atoms with Crippen molar-refractivity contribution in [3.8, 4) is 0 Å². The van der Waals surface area contributed by atoms with Crippen LogP contribution in [-0.2, 0) is 29.7 Å². The quantitative estimate of drug-likeness (QED) is 0.841. The standard InChI is InChI=1S/C17H25N7O2/c1-5-24-20-11(2)13(21-24)10-18-17(26)12-6-7-15(25)22(3)16(12)14-8-9-19-23(14)4/h8-9,12,16H,5-7,10H2,1-4H3,(H,18,26)/t12-,16-/m0/s1. The highest BCUT2D eigenvalue weighted by atomic mass is 16.2. The van der Waals surface area contributed by atoms with Gasteiger partial charge < -0.3 is 10.2 Å². The van der Waals surface area contributed by atoms with Crippen molar-refractivity contribution < 1.29 is 9.59 Å². The minimum Gasteiger partial charge on any atom is -0.350 e. The van der Waals surface area contributed by atoms with Crippen LogP contribution in [0.25, 0.3) is 0 Å². The first kappa shape index (κ1) is 18.1. The maximum atomic E-state index is 12.9. The predicted molar refractivity (Wildman–Crippen MR) is 93.7 cm³/mol. The lowest BCUT2D eigenvalue weighted by Crippen LogP contribution is -2.46. The molecule has 0 radical (unpaired) electrons. The lowest BCUT2D eigenvalue weighted by molar-refractivity contribution is -0.142. The Morgan fingerprint density at radius 3 is 2.73 bits per heavy atom. The van der Waals surface area contributed by atoms with Gasteiger partial charge >= 0.3 is 0 Å². The first-order valence-corrected chi connectivity index (χ1v) is 8.84. The summed E-state index contributed by atoms with van der Waals surface area (Å²) < 4.78 is 1.72. The summed E-state index contributed by atoms with van der Waals surface area (Å²) in [5, 5.41) is 15.8. The Balaban J connectivity index is 1.76. The maximum absolute atomic E-state index is 12.9. The van der Waals surface area contributed by atoms with Gasteiger partial charge in [-0.05, 0) is 26.3 Å². The van der Waals surface area contributed by atoms with Gasteiger partial charge in [-0.3, -0.25) is 14.3 Å². The summed E-state index contributed by atoms with van der Waals surface area (Å²) in [7, 11) is 3.57. The van der Waals surface area contributed by atoms with Gasteiger partial charge in [0.05, 0.1) is 36.4 Å². The van der Waals surface area contributed by atoms with Gasteiger partial charge in [-0.1, -0.05) is 0 Å². The number of piperidine rings is 1. The molecule has 9 heteroatoms. The number of nitrogens with zero attached hydrogens (tertiary/aromatic N) is 6. The van der Waals surface area contributed by atoms with Gasteiger partial charge in [-0.15, -0.1) is 0 Å². The van der Waals surface area contributed by atoms with Crippen molar-refractivity contribution in [2.24, 2.45) is 13.0 Å². The molecule has 2 amide bonds.